The third-order valence-electron chi connectivity index (χ3n) is 4.36. The zero-order chi connectivity index (χ0) is 16.9. The molecule has 7 heteroatoms. The van der Waals surface area contributed by atoms with Crippen molar-refractivity contribution in [1.29, 1.82) is 0 Å². The maximum atomic E-state index is 12.2. The zero-order valence-electron chi connectivity index (χ0n) is 14.0. The smallest absolute Gasteiger partial charge is 0.265 e. The SMILES string of the molecule is Cc1ccc2c(c1)N(CC(=O)NCC[NH+]1CCOCC1)C(=O)CO2. The number of rotatable bonds is 5. The Morgan fingerprint density at radius 2 is 2.12 bits per heavy atom. The van der Waals surface area contributed by atoms with Gasteiger partial charge in [-0.2, -0.15) is 0 Å². The number of morpholine rings is 1. The monoisotopic (exact) mass is 334 g/mol. The van der Waals surface area contributed by atoms with Crippen molar-refractivity contribution in [2.45, 2.75) is 6.92 Å². The van der Waals surface area contributed by atoms with Gasteiger partial charge in [0.25, 0.3) is 5.91 Å². The van der Waals surface area contributed by atoms with Crippen LogP contribution in [0.4, 0.5) is 5.69 Å². The number of fused-ring (bicyclic) bond motifs is 1. The lowest BCUT2D eigenvalue weighted by Crippen LogP contribution is -3.14. The van der Waals surface area contributed by atoms with Gasteiger partial charge in [0.2, 0.25) is 5.91 Å². The van der Waals surface area contributed by atoms with E-state index in [1.807, 2.05) is 25.1 Å². The Balaban J connectivity index is 1.54. The van der Waals surface area contributed by atoms with Gasteiger partial charge in [-0.1, -0.05) is 6.07 Å². The third-order valence-corrected chi connectivity index (χ3v) is 4.36. The highest BCUT2D eigenvalue weighted by Gasteiger charge is 2.27. The number of carbonyl (C=O) groups is 2. The van der Waals surface area contributed by atoms with Crippen LogP contribution in [-0.2, 0) is 14.3 Å². The molecule has 2 amide bonds. The molecule has 130 valence electrons. The quantitative estimate of drug-likeness (QED) is 0.706. The first-order valence-corrected chi connectivity index (χ1v) is 8.35. The molecule has 0 unspecified atom stereocenters. The summed E-state index contributed by atoms with van der Waals surface area (Å²) in [5, 5.41) is 2.91. The number of ether oxygens (including phenoxy) is 2. The number of carbonyl (C=O) groups excluding carboxylic acids is 2. The predicted octanol–water partition coefficient (Wildman–Crippen LogP) is -1.25. The third kappa shape index (κ3) is 4.04. The van der Waals surface area contributed by atoms with Crippen LogP contribution in [-0.4, -0.2) is 64.4 Å². The second-order valence-electron chi connectivity index (χ2n) is 6.20. The van der Waals surface area contributed by atoms with Crippen LogP contribution in [0.25, 0.3) is 0 Å². The summed E-state index contributed by atoms with van der Waals surface area (Å²) in [5.74, 6) is 0.304. The number of nitrogens with zero attached hydrogens (tertiary/aromatic N) is 1. The maximum Gasteiger partial charge on any atom is 0.265 e. The lowest BCUT2D eigenvalue weighted by atomic mass is 10.1. The van der Waals surface area contributed by atoms with E-state index in [-0.39, 0.29) is 25.0 Å². The van der Waals surface area contributed by atoms with Crippen LogP contribution in [0.3, 0.4) is 0 Å². The number of quaternary nitrogens is 1. The predicted molar refractivity (Wildman–Crippen MR) is 88.4 cm³/mol. The summed E-state index contributed by atoms with van der Waals surface area (Å²) >= 11 is 0. The molecule has 2 aliphatic heterocycles. The van der Waals surface area contributed by atoms with Crippen molar-refractivity contribution in [3.63, 3.8) is 0 Å². The van der Waals surface area contributed by atoms with E-state index in [1.54, 1.807) is 0 Å². The first-order chi connectivity index (χ1) is 11.6. The number of anilines is 1. The second kappa shape index (κ2) is 7.63. The van der Waals surface area contributed by atoms with Gasteiger partial charge in [0, 0.05) is 0 Å². The minimum atomic E-state index is -0.193. The Kier molecular flexibility index (Phi) is 5.32. The number of hydrogen-bond donors (Lipinski definition) is 2. The van der Waals surface area contributed by atoms with E-state index in [4.69, 9.17) is 9.47 Å². The van der Waals surface area contributed by atoms with Crippen LogP contribution < -0.4 is 19.9 Å². The fourth-order valence-corrected chi connectivity index (χ4v) is 2.97. The van der Waals surface area contributed by atoms with Crippen LogP contribution >= 0.6 is 0 Å². The second-order valence-corrected chi connectivity index (χ2v) is 6.20. The molecule has 1 saturated heterocycles. The molecule has 3 rings (SSSR count). The highest BCUT2D eigenvalue weighted by molar-refractivity contribution is 6.02. The Morgan fingerprint density at radius 1 is 1.33 bits per heavy atom. The highest BCUT2D eigenvalue weighted by atomic mass is 16.5. The molecule has 1 aromatic carbocycles. The minimum Gasteiger partial charge on any atom is -0.482 e. The van der Waals surface area contributed by atoms with Crippen molar-refractivity contribution in [3.8, 4) is 5.75 Å². The Bertz CT molecular complexity index is 614. The molecule has 2 heterocycles. The topological polar surface area (TPSA) is 72.3 Å². The molecule has 0 aromatic heterocycles. The van der Waals surface area contributed by atoms with Crippen molar-refractivity contribution < 1.29 is 24.0 Å². The van der Waals surface area contributed by atoms with Crippen molar-refractivity contribution >= 4 is 17.5 Å². The highest BCUT2D eigenvalue weighted by Crippen LogP contribution is 2.32. The van der Waals surface area contributed by atoms with Gasteiger partial charge in [-0.25, -0.2) is 0 Å². The zero-order valence-corrected chi connectivity index (χ0v) is 14.0. The summed E-state index contributed by atoms with van der Waals surface area (Å²) in [6, 6.07) is 5.64. The molecule has 1 fully saturated rings. The van der Waals surface area contributed by atoms with Gasteiger partial charge in [-0.15, -0.1) is 0 Å². The van der Waals surface area contributed by atoms with Crippen molar-refractivity contribution in [3.05, 3.63) is 23.8 Å². The van der Waals surface area contributed by atoms with Crippen molar-refractivity contribution in [2.75, 3.05) is 57.4 Å². The van der Waals surface area contributed by atoms with E-state index < -0.39 is 0 Å². The summed E-state index contributed by atoms with van der Waals surface area (Å²) in [6.07, 6.45) is 0. The molecule has 0 bridgehead atoms. The Hall–Kier alpha value is -2.12. The summed E-state index contributed by atoms with van der Waals surface area (Å²) in [6.45, 7) is 6.94. The average molecular weight is 334 g/mol. The van der Waals surface area contributed by atoms with Gasteiger partial charge in [0.15, 0.2) is 6.61 Å². The first-order valence-electron chi connectivity index (χ1n) is 8.35. The van der Waals surface area contributed by atoms with Gasteiger partial charge >= 0.3 is 0 Å². The molecule has 0 radical (unpaired) electrons. The lowest BCUT2D eigenvalue weighted by Gasteiger charge is -2.29. The maximum absolute atomic E-state index is 12.2. The van der Waals surface area contributed by atoms with E-state index >= 15 is 0 Å². The molecule has 0 atom stereocenters. The number of nitrogens with one attached hydrogen (secondary N) is 2. The van der Waals surface area contributed by atoms with Gasteiger partial charge in [0.1, 0.15) is 25.4 Å². The fourth-order valence-electron chi connectivity index (χ4n) is 2.97. The fraction of sp³-hybridized carbons (Fsp3) is 0.529. The number of aryl methyl sites for hydroxylation is 1. The molecule has 0 saturated carbocycles. The standard InChI is InChI=1S/C17H23N3O4/c1-13-2-3-15-14(10-13)20(17(22)12-24-15)11-16(21)18-4-5-19-6-8-23-9-7-19/h2-3,10H,4-9,11-12H2,1H3,(H,18,21)/p+1. The average Bonchev–Trinajstić information content (AvgIpc) is 2.58. The molecular formula is C17H24N3O4+. The lowest BCUT2D eigenvalue weighted by molar-refractivity contribution is -0.906. The summed E-state index contributed by atoms with van der Waals surface area (Å²) in [4.78, 5) is 27.3. The van der Waals surface area contributed by atoms with E-state index in [0.29, 0.717) is 18.0 Å². The van der Waals surface area contributed by atoms with Gasteiger partial charge < -0.3 is 19.7 Å². The summed E-state index contributed by atoms with van der Waals surface area (Å²) < 4.78 is 10.7. The molecule has 2 N–H and O–H groups in total. The van der Waals surface area contributed by atoms with Gasteiger partial charge in [0.05, 0.1) is 32.0 Å². The summed E-state index contributed by atoms with van der Waals surface area (Å²) in [5.41, 5.74) is 1.69. The first kappa shape index (κ1) is 16.7. The van der Waals surface area contributed by atoms with Crippen LogP contribution in [0, 0.1) is 6.92 Å². The molecule has 7 nitrogen and oxygen atoms in total. The van der Waals surface area contributed by atoms with Crippen LogP contribution in [0.15, 0.2) is 18.2 Å². The van der Waals surface area contributed by atoms with Crippen LogP contribution in [0.1, 0.15) is 5.56 Å². The van der Waals surface area contributed by atoms with Gasteiger partial charge in [-0.3, -0.25) is 14.5 Å². The van der Waals surface area contributed by atoms with Gasteiger partial charge in [-0.05, 0) is 24.6 Å². The molecule has 0 spiro atoms. The van der Waals surface area contributed by atoms with E-state index in [2.05, 4.69) is 5.32 Å². The molecule has 1 aromatic rings. The summed E-state index contributed by atoms with van der Waals surface area (Å²) in [7, 11) is 0. The minimum absolute atomic E-state index is 0.0249. The normalized spacial score (nSPS) is 18.0. The van der Waals surface area contributed by atoms with Crippen LogP contribution in [0.5, 0.6) is 5.75 Å². The number of hydrogen-bond acceptors (Lipinski definition) is 4. The molecular weight excluding hydrogens is 310 g/mol. The van der Waals surface area contributed by atoms with Crippen LogP contribution in [0.2, 0.25) is 0 Å². The largest absolute Gasteiger partial charge is 0.482 e. The van der Waals surface area contributed by atoms with Crippen molar-refractivity contribution in [2.24, 2.45) is 0 Å². The van der Waals surface area contributed by atoms with Crippen molar-refractivity contribution in [1.82, 2.24) is 5.32 Å². The van der Waals surface area contributed by atoms with E-state index in [9.17, 15) is 9.59 Å². The van der Waals surface area contributed by atoms with E-state index in [1.165, 1.54) is 9.80 Å². The number of benzene rings is 1. The van der Waals surface area contributed by atoms with E-state index in [0.717, 1.165) is 38.4 Å². The molecule has 2 aliphatic rings. The number of amides is 2. The molecule has 0 aliphatic carbocycles. The molecule has 24 heavy (non-hydrogen) atoms. The Morgan fingerprint density at radius 3 is 2.92 bits per heavy atom. The Labute approximate surface area is 141 Å².